The SMILES string of the molecule is CCCNC(C)c1sc(CSc2ccc(Cl)cc2)nc1C. The Morgan fingerprint density at radius 3 is 2.71 bits per heavy atom. The van der Waals surface area contributed by atoms with Crippen LogP contribution in [0.1, 0.15) is 41.9 Å². The number of thioether (sulfide) groups is 1. The summed E-state index contributed by atoms with van der Waals surface area (Å²) < 4.78 is 0. The van der Waals surface area contributed by atoms with E-state index in [1.807, 2.05) is 23.5 Å². The minimum atomic E-state index is 0.386. The van der Waals surface area contributed by atoms with Crippen LogP contribution in [0.15, 0.2) is 29.2 Å². The van der Waals surface area contributed by atoms with Crippen molar-refractivity contribution in [3.63, 3.8) is 0 Å². The molecular formula is C16H21ClN2S2. The van der Waals surface area contributed by atoms with E-state index in [-0.39, 0.29) is 0 Å². The van der Waals surface area contributed by atoms with Crippen LogP contribution in [-0.2, 0) is 5.75 Å². The van der Waals surface area contributed by atoms with Crippen molar-refractivity contribution in [2.24, 2.45) is 0 Å². The fraction of sp³-hybridized carbons (Fsp3) is 0.438. The largest absolute Gasteiger partial charge is 0.309 e. The van der Waals surface area contributed by atoms with Crippen molar-refractivity contribution >= 4 is 34.7 Å². The van der Waals surface area contributed by atoms with Crippen LogP contribution in [-0.4, -0.2) is 11.5 Å². The van der Waals surface area contributed by atoms with Crippen molar-refractivity contribution in [3.05, 3.63) is 44.9 Å². The average molecular weight is 341 g/mol. The van der Waals surface area contributed by atoms with Crippen LogP contribution in [0.5, 0.6) is 0 Å². The molecule has 0 aliphatic rings. The summed E-state index contributed by atoms with van der Waals surface area (Å²) >= 11 is 9.53. The highest BCUT2D eigenvalue weighted by Gasteiger charge is 2.13. The number of aryl methyl sites for hydroxylation is 1. The Morgan fingerprint density at radius 1 is 1.33 bits per heavy atom. The second kappa shape index (κ2) is 8.18. The van der Waals surface area contributed by atoms with E-state index in [4.69, 9.17) is 16.6 Å². The topological polar surface area (TPSA) is 24.9 Å². The molecule has 0 fully saturated rings. The van der Waals surface area contributed by atoms with Gasteiger partial charge in [-0.15, -0.1) is 23.1 Å². The van der Waals surface area contributed by atoms with Crippen molar-refractivity contribution < 1.29 is 0 Å². The molecule has 1 unspecified atom stereocenters. The number of hydrogen-bond donors (Lipinski definition) is 1. The van der Waals surface area contributed by atoms with Crippen molar-refractivity contribution in [1.29, 1.82) is 0 Å². The van der Waals surface area contributed by atoms with E-state index in [2.05, 4.69) is 38.2 Å². The molecule has 5 heteroatoms. The number of halogens is 1. The van der Waals surface area contributed by atoms with Crippen LogP contribution in [0.2, 0.25) is 5.02 Å². The van der Waals surface area contributed by atoms with Crippen LogP contribution < -0.4 is 5.32 Å². The molecule has 1 N–H and O–H groups in total. The van der Waals surface area contributed by atoms with Gasteiger partial charge in [-0.3, -0.25) is 0 Å². The van der Waals surface area contributed by atoms with Crippen molar-refractivity contribution in [2.45, 2.75) is 43.9 Å². The number of thiazole rings is 1. The lowest BCUT2D eigenvalue weighted by molar-refractivity contribution is 0.575. The summed E-state index contributed by atoms with van der Waals surface area (Å²) in [6.07, 6.45) is 1.15. The van der Waals surface area contributed by atoms with E-state index in [1.165, 1.54) is 14.8 Å². The molecule has 0 aliphatic carbocycles. The van der Waals surface area contributed by atoms with Crippen LogP contribution in [0.3, 0.4) is 0 Å². The molecule has 2 nitrogen and oxygen atoms in total. The van der Waals surface area contributed by atoms with Gasteiger partial charge < -0.3 is 5.32 Å². The Bertz CT molecular complexity index is 566. The van der Waals surface area contributed by atoms with Gasteiger partial charge in [0.05, 0.1) is 11.4 Å². The summed E-state index contributed by atoms with van der Waals surface area (Å²) in [5.41, 5.74) is 1.16. The smallest absolute Gasteiger partial charge is 0.103 e. The molecule has 0 aliphatic heterocycles. The quantitative estimate of drug-likeness (QED) is 0.677. The van der Waals surface area contributed by atoms with E-state index in [0.29, 0.717) is 6.04 Å². The molecular weight excluding hydrogens is 320 g/mol. The third-order valence-electron chi connectivity index (χ3n) is 3.15. The van der Waals surface area contributed by atoms with E-state index in [9.17, 15) is 0 Å². The third-order valence-corrected chi connectivity index (χ3v) is 5.94. The van der Waals surface area contributed by atoms with E-state index < -0.39 is 0 Å². The standard InChI is InChI=1S/C16H21ClN2S2/c1-4-9-18-11(2)16-12(3)19-15(21-16)10-20-14-7-5-13(17)6-8-14/h5-8,11,18H,4,9-10H2,1-3H3. The highest BCUT2D eigenvalue weighted by molar-refractivity contribution is 7.98. The number of rotatable bonds is 7. The Morgan fingerprint density at radius 2 is 2.05 bits per heavy atom. The summed E-state index contributed by atoms with van der Waals surface area (Å²) in [6.45, 7) is 7.56. The predicted octanol–water partition coefficient (Wildman–Crippen LogP) is 5.46. The van der Waals surface area contributed by atoms with Gasteiger partial charge in [0, 0.05) is 20.8 Å². The number of nitrogens with zero attached hydrogens (tertiary/aromatic N) is 1. The zero-order chi connectivity index (χ0) is 15.2. The van der Waals surface area contributed by atoms with Gasteiger partial charge in [0.2, 0.25) is 0 Å². The maximum absolute atomic E-state index is 5.90. The molecule has 0 bridgehead atoms. The van der Waals surface area contributed by atoms with Crippen molar-refractivity contribution in [2.75, 3.05) is 6.54 Å². The summed E-state index contributed by atoms with van der Waals surface area (Å²) in [4.78, 5) is 7.29. The van der Waals surface area contributed by atoms with E-state index in [0.717, 1.165) is 29.4 Å². The molecule has 2 aromatic rings. The number of nitrogens with one attached hydrogen (secondary N) is 1. The van der Waals surface area contributed by atoms with Crippen LogP contribution >= 0.6 is 34.7 Å². The molecule has 0 amide bonds. The van der Waals surface area contributed by atoms with Gasteiger partial charge in [-0.2, -0.15) is 0 Å². The first-order chi connectivity index (χ1) is 10.1. The van der Waals surface area contributed by atoms with Crippen molar-refractivity contribution in [1.82, 2.24) is 10.3 Å². The van der Waals surface area contributed by atoms with Crippen molar-refractivity contribution in [3.8, 4) is 0 Å². The van der Waals surface area contributed by atoms with Gasteiger partial charge in [-0.25, -0.2) is 4.98 Å². The molecule has 21 heavy (non-hydrogen) atoms. The second-order valence-corrected chi connectivity index (χ2v) is 7.58. The molecule has 114 valence electrons. The van der Waals surface area contributed by atoms with Gasteiger partial charge >= 0.3 is 0 Å². The van der Waals surface area contributed by atoms with Gasteiger partial charge in [0.15, 0.2) is 0 Å². The van der Waals surface area contributed by atoms with Gasteiger partial charge in [-0.1, -0.05) is 18.5 Å². The van der Waals surface area contributed by atoms with Gasteiger partial charge in [0.25, 0.3) is 0 Å². The van der Waals surface area contributed by atoms with Crippen LogP contribution in [0, 0.1) is 6.92 Å². The maximum atomic E-state index is 5.90. The molecule has 1 aromatic heterocycles. The first-order valence-electron chi connectivity index (χ1n) is 7.18. The molecule has 0 saturated heterocycles. The Balaban J connectivity index is 1.96. The van der Waals surface area contributed by atoms with Gasteiger partial charge in [0.1, 0.15) is 5.01 Å². The van der Waals surface area contributed by atoms with E-state index >= 15 is 0 Å². The predicted molar refractivity (Wildman–Crippen MR) is 94.6 cm³/mol. The number of hydrogen-bond acceptors (Lipinski definition) is 4. The number of benzene rings is 1. The van der Waals surface area contributed by atoms with E-state index in [1.54, 1.807) is 11.8 Å². The summed E-state index contributed by atoms with van der Waals surface area (Å²) in [5, 5.41) is 5.50. The molecule has 1 heterocycles. The first-order valence-corrected chi connectivity index (χ1v) is 9.36. The lowest BCUT2D eigenvalue weighted by atomic mass is 10.2. The third kappa shape index (κ3) is 4.99. The zero-order valence-electron chi connectivity index (χ0n) is 12.6. The normalized spacial score (nSPS) is 12.6. The lowest BCUT2D eigenvalue weighted by Gasteiger charge is -2.11. The molecule has 2 rings (SSSR count). The molecule has 1 aromatic carbocycles. The maximum Gasteiger partial charge on any atom is 0.103 e. The van der Waals surface area contributed by atoms with Crippen LogP contribution in [0.4, 0.5) is 0 Å². The molecule has 1 atom stereocenters. The summed E-state index contributed by atoms with van der Waals surface area (Å²) in [7, 11) is 0. The van der Waals surface area contributed by atoms with Crippen LogP contribution in [0.25, 0.3) is 0 Å². The zero-order valence-corrected chi connectivity index (χ0v) is 15.0. The fourth-order valence-corrected chi connectivity index (χ4v) is 4.17. The summed E-state index contributed by atoms with van der Waals surface area (Å²) in [6, 6.07) is 8.36. The Hall–Kier alpha value is -0.550. The average Bonchev–Trinajstić information content (AvgIpc) is 2.85. The monoisotopic (exact) mass is 340 g/mol. The molecule has 0 radical (unpaired) electrons. The minimum Gasteiger partial charge on any atom is -0.309 e. The lowest BCUT2D eigenvalue weighted by Crippen LogP contribution is -2.18. The fourth-order valence-electron chi connectivity index (χ4n) is 2.06. The minimum absolute atomic E-state index is 0.386. The Kier molecular flexibility index (Phi) is 6.55. The first kappa shape index (κ1) is 16.8. The summed E-state index contributed by atoms with van der Waals surface area (Å²) in [5.74, 6) is 0.910. The molecule has 0 saturated carbocycles. The Labute approximate surface area is 140 Å². The second-order valence-electron chi connectivity index (χ2n) is 4.98. The highest BCUT2D eigenvalue weighted by Crippen LogP contribution is 2.30. The molecule has 0 spiro atoms. The van der Waals surface area contributed by atoms with Gasteiger partial charge in [-0.05, 0) is 51.1 Å². The highest BCUT2D eigenvalue weighted by atomic mass is 35.5. The number of aromatic nitrogens is 1.